The van der Waals surface area contributed by atoms with Crippen molar-refractivity contribution in [1.29, 1.82) is 0 Å². The average molecular weight is 136 g/mol. The highest BCUT2D eigenvalue weighted by Crippen LogP contribution is 2.16. The number of carbonyl (C=O) groups is 1. The summed E-state index contributed by atoms with van der Waals surface area (Å²) in [5.41, 5.74) is 0. The topological polar surface area (TPSA) is 32.7 Å². The number of hydrogen-bond donors (Lipinski definition) is 0. The molecular weight excluding hydrogens is 128 g/mol. The molecule has 0 saturated carbocycles. The maximum Gasteiger partial charge on any atom is 0.343 e. The highest BCUT2D eigenvalue weighted by Gasteiger charge is 2.25. The van der Waals surface area contributed by atoms with Crippen molar-refractivity contribution in [1.82, 2.24) is 4.90 Å². The van der Waals surface area contributed by atoms with E-state index in [1.165, 1.54) is 0 Å². The molecule has 0 aliphatic carbocycles. The van der Waals surface area contributed by atoms with E-state index >= 15 is 0 Å². The third-order valence-corrected chi connectivity index (χ3v) is 1.85. The zero-order chi connectivity index (χ0) is 6.97. The predicted molar refractivity (Wildman–Crippen MR) is 38.1 cm³/mol. The minimum absolute atomic E-state index is 0.0961. The first-order valence-corrected chi connectivity index (χ1v) is 3.38. The maximum atomic E-state index is 11.0. The fourth-order valence-electron chi connectivity index (χ4n) is 1.31. The van der Waals surface area contributed by atoms with Crippen LogP contribution in [0.2, 0.25) is 0 Å². The van der Waals surface area contributed by atoms with Crippen molar-refractivity contribution in [3.63, 3.8) is 0 Å². The molecule has 3 heteroatoms. The summed E-state index contributed by atoms with van der Waals surface area (Å²) in [5.74, 6) is 0. The van der Waals surface area contributed by atoms with Crippen LogP contribution >= 0.6 is 0 Å². The van der Waals surface area contributed by atoms with Crippen molar-refractivity contribution in [3.05, 3.63) is 12.2 Å². The lowest BCUT2D eigenvalue weighted by atomic mass is 10.2. The van der Waals surface area contributed by atoms with E-state index in [2.05, 4.69) is 11.1 Å². The molecule has 1 unspecified atom stereocenters. The Labute approximate surface area is 59.0 Å². The number of urea groups is 1. The van der Waals surface area contributed by atoms with Gasteiger partial charge in [0, 0.05) is 19.2 Å². The van der Waals surface area contributed by atoms with Gasteiger partial charge in [-0.1, -0.05) is 12.2 Å². The van der Waals surface area contributed by atoms with Crippen molar-refractivity contribution in [2.45, 2.75) is 12.5 Å². The molecule has 0 aromatic heterocycles. The molecule has 52 valence electrons. The van der Waals surface area contributed by atoms with Crippen molar-refractivity contribution in [3.8, 4) is 0 Å². The fourth-order valence-corrected chi connectivity index (χ4v) is 1.31. The normalized spacial score (nSPS) is 29.4. The van der Waals surface area contributed by atoms with Crippen LogP contribution in [0.25, 0.3) is 0 Å². The predicted octanol–water partition coefficient (Wildman–Crippen LogP) is 0.821. The van der Waals surface area contributed by atoms with Gasteiger partial charge in [0.1, 0.15) is 0 Å². The summed E-state index contributed by atoms with van der Waals surface area (Å²) in [5, 5.41) is 0. The summed E-state index contributed by atoms with van der Waals surface area (Å²) >= 11 is 0. The van der Waals surface area contributed by atoms with Gasteiger partial charge in [-0.15, -0.1) is 0 Å². The molecule has 0 radical (unpaired) electrons. The number of rotatable bonds is 0. The highest BCUT2D eigenvalue weighted by molar-refractivity contribution is 5.87. The molecule has 2 aliphatic heterocycles. The Bertz CT molecular complexity index is 220. The third-order valence-electron chi connectivity index (χ3n) is 1.85. The molecule has 2 heterocycles. The van der Waals surface area contributed by atoms with Gasteiger partial charge >= 0.3 is 6.03 Å². The summed E-state index contributed by atoms with van der Waals surface area (Å²) in [7, 11) is 0. The molecule has 0 spiro atoms. The molecule has 0 saturated heterocycles. The Balaban J connectivity index is 2.25. The highest BCUT2D eigenvalue weighted by atomic mass is 16.2. The van der Waals surface area contributed by atoms with E-state index in [0.717, 1.165) is 13.0 Å². The minimum atomic E-state index is -0.0961. The first-order chi connectivity index (χ1) is 4.88. The molecule has 0 bridgehead atoms. The first-order valence-electron chi connectivity index (χ1n) is 3.38. The van der Waals surface area contributed by atoms with Crippen LogP contribution in [0.15, 0.2) is 17.1 Å². The van der Waals surface area contributed by atoms with Crippen molar-refractivity contribution < 1.29 is 4.79 Å². The first kappa shape index (κ1) is 5.65. The Morgan fingerprint density at radius 1 is 1.70 bits per heavy atom. The third kappa shape index (κ3) is 0.667. The quantitative estimate of drug-likeness (QED) is 0.454. The van der Waals surface area contributed by atoms with Crippen LogP contribution in [0.1, 0.15) is 6.42 Å². The standard InChI is InChI=1S/C7H8N2O/c10-7-8-4-3-6-2-1-5-9(6)7/h1-2,4,6H,3,5H2. The Hall–Kier alpha value is -1.12. The van der Waals surface area contributed by atoms with Gasteiger partial charge in [-0.25, -0.2) is 9.79 Å². The summed E-state index contributed by atoms with van der Waals surface area (Å²) < 4.78 is 0. The molecule has 2 aliphatic rings. The van der Waals surface area contributed by atoms with E-state index in [0.29, 0.717) is 6.04 Å². The van der Waals surface area contributed by atoms with E-state index in [-0.39, 0.29) is 6.03 Å². The minimum Gasteiger partial charge on any atom is -0.312 e. The van der Waals surface area contributed by atoms with E-state index < -0.39 is 0 Å². The molecule has 0 aromatic rings. The Morgan fingerprint density at radius 2 is 2.60 bits per heavy atom. The second-order valence-corrected chi connectivity index (χ2v) is 2.48. The lowest BCUT2D eigenvalue weighted by molar-refractivity contribution is 0.205. The van der Waals surface area contributed by atoms with Gasteiger partial charge in [-0.2, -0.15) is 0 Å². The van der Waals surface area contributed by atoms with Crippen LogP contribution in [0, 0.1) is 0 Å². The lowest BCUT2D eigenvalue weighted by Crippen LogP contribution is -2.37. The number of fused-ring (bicyclic) bond motifs is 1. The molecule has 10 heavy (non-hydrogen) atoms. The maximum absolute atomic E-state index is 11.0. The summed E-state index contributed by atoms with van der Waals surface area (Å²) in [6, 6.07) is 0.200. The van der Waals surface area contributed by atoms with Gasteiger partial charge in [-0.05, 0) is 0 Å². The average Bonchev–Trinajstić information content (AvgIpc) is 2.36. The van der Waals surface area contributed by atoms with Gasteiger partial charge in [0.25, 0.3) is 0 Å². The molecule has 2 amide bonds. The second kappa shape index (κ2) is 1.94. The number of aliphatic imine (C=N–C) groups is 1. The van der Waals surface area contributed by atoms with Gasteiger partial charge < -0.3 is 4.90 Å². The SMILES string of the molecule is O=C1N=CCC2C=CCN12. The van der Waals surface area contributed by atoms with Crippen LogP contribution in [-0.2, 0) is 0 Å². The Kier molecular flexibility index (Phi) is 1.09. The van der Waals surface area contributed by atoms with E-state index in [1.807, 2.05) is 6.08 Å². The monoisotopic (exact) mass is 136 g/mol. The van der Waals surface area contributed by atoms with E-state index in [9.17, 15) is 4.79 Å². The number of hydrogen-bond acceptors (Lipinski definition) is 1. The number of carbonyl (C=O) groups excluding carboxylic acids is 1. The molecule has 1 atom stereocenters. The van der Waals surface area contributed by atoms with Crippen LogP contribution in [-0.4, -0.2) is 29.7 Å². The van der Waals surface area contributed by atoms with Crippen molar-refractivity contribution in [2.75, 3.05) is 6.54 Å². The molecule has 0 fully saturated rings. The smallest absolute Gasteiger partial charge is 0.312 e. The largest absolute Gasteiger partial charge is 0.343 e. The summed E-state index contributed by atoms with van der Waals surface area (Å²) in [6.07, 6.45) is 6.64. The van der Waals surface area contributed by atoms with Crippen LogP contribution in [0.3, 0.4) is 0 Å². The molecule has 2 rings (SSSR count). The zero-order valence-electron chi connectivity index (χ0n) is 5.53. The van der Waals surface area contributed by atoms with Gasteiger partial charge in [0.15, 0.2) is 0 Å². The summed E-state index contributed by atoms with van der Waals surface area (Å²) in [6.45, 7) is 0.737. The molecule has 0 aromatic carbocycles. The van der Waals surface area contributed by atoms with Crippen LogP contribution in [0.5, 0.6) is 0 Å². The molecular formula is C7H8N2O. The van der Waals surface area contributed by atoms with Crippen molar-refractivity contribution >= 4 is 12.2 Å². The van der Waals surface area contributed by atoms with Crippen LogP contribution in [0.4, 0.5) is 4.79 Å². The van der Waals surface area contributed by atoms with Gasteiger partial charge in [-0.3, -0.25) is 0 Å². The zero-order valence-corrected chi connectivity index (χ0v) is 5.53. The van der Waals surface area contributed by atoms with E-state index in [4.69, 9.17) is 0 Å². The molecule has 3 nitrogen and oxygen atoms in total. The molecule has 0 N–H and O–H groups in total. The second-order valence-electron chi connectivity index (χ2n) is 2.48. The number of amides is 2. The fraction of sp³-hybridized carbons (Fsp3) is 0.429. The lowest BCUT2D eigenvalue weighted by Gasteiger charge is -2.23. The van der Waals surface area contributed by atoms with Crippen LogP contribution < -0.4 is 0 Å². The van der Waals surface area contributed by atoms with Crippen molar-refractivity contribution in [2.24, 2.45) is 4.99 Å². The summed E-state index contributed by atoms with van der Waals surface area (Å²) in [4.78, 5) is 16.4. The van der Waals surface area contributed by atoms with Gasteiger partial charge in [0.05, 0.1) is 6.04 Å². The number of nitrogens with zero attached hydrogens (tertiary/aromatic N) is 2. The Morgan fingerprint density at radius 3 is 3.40 bits per heavy atom. The van der Waals surface area contributed by atoms with E-state index in [1.54, 1.807) is 11.1 Å². The van der Waals surface area contributed by atoms with Gasteiger partial charge in [0.2, 0.25) is 0 Å².